The van der Waals surface area contributed by atoms with E-state index in [1.54, 1.807) is 0 Å². The van der Waals surface area contributed by atoms with Crippen LogP contribution in [0.25, 0.3) is 11.7 Å². The zero-order valence-electron chi connectivity index (χ0n) is 4.77. The lowest BCUT2D eigenvalue weighted by molar-refractivity contribution is 0.560. The van der Waals surface area contributed by atoms with Gasteiger partial charge < -0.3 is 4.42 Å². The van der Waals surface area contributed by atoms with Crippen molar-refractivity contribution < 1.29 is 4.42 Å². The highest BCUT2D eigenvalue weighted by Gasteiger charge is 2.05. The largest absolute Gasteiger partial charge is 0.430 e. The Labute approximate surface area is 55.3 Å². The lowest BCUT2D eigenvalue weighted by Gasteiger charge is -1.77. The van der Waals surface area contributed by atoms with Gasteiger partial charge in [-0.1, -0.05) is 0 Å². The van der Waals surface area contributed by atoms with E-state index in [0.717, 1.165) is 0 Å². The molecule has 0 saturated carbocycles. The highest BCUT2D eigenvalue weighted by atomic mass is 16.3. The minimum Gasteiger partial charge on any atom is -0.430 e. The molecule has 0 aliphatic rings. The summed E-state index contributed by atoms with van der Waals surface area (Å²) in [5, 5.41) is 12.9. The summed E-state index contributed by atoms with van der Waals surface area (Å²) in [5.41, 5.74) is 0. The number of nitrogens with zero attached hydrogens (tertiary/aromatic N) is 4. The molecule has 0 aromatic carbocycles. The maximum absolute atomic E-state index is 4.76. The quantitative estimate of drug-likeness (QED) is 0.579. The van der Waals surface area contributed by atoms with Crippen molar-refractivity contribution in [1.29, 1.82) is 0 Å². The maximum atomic E-state index is 4.76. The van der Waals surface area contributed by atoms with Crippen molar-refractivity contribution in [3.63, 3.8) is 0 Å². The standard InChI is InChI=1S/C4H2N5O/c1-2-10-4(5-1)3-6-8-9-7-3/h1H,(H,6,7,8,9). The Kier molecular flexibility index (Phi) is 0.970. The van der Waals surface area contributed by atoms with Gasteiger partial charge in [0.15, 0.2) is 6.26 Å². The minimum absolute atomic E-state index is 0.314. The summed E-state index contributed by atoms with van der Waals surface area (Å²) >= 11 is 0. The normalized spacial score (nSPS) is 10.0. The first kappa shape index (κ1) is 5.10. The van der Waals surface area contributed by atoms with Gasteiger partial charge in [0.2, 0.25) is 0 Å². The molecule has 6 heteroatoms. The average molecular weight is 136 g/mol. The highest BCUT2D eigenvalue weighted by Crippen LogP contribution is 2.06. The van der Waals surface area contributed by atoms with E-state index in [-0.39, 0.29) is 0 Å². The van der Waals surface area contributed by atoms with Crippen molar-refractivity contribution in [3.8, 4) is 11.7 Å². The Hall–Kier alpha value is -1.72. The first-order chi connectivity index (χ1) is 4.97. The van der Waals surface area contributed by atoms with Gasteiger partial charge in [-0.25, -0.2) is 4.98 Å². The van der Waals surface area contributed by atoms with Crippen LogP contribution in [0.5, 0.6) is 0 Å². The fourth-order valence-corrected chi connectivity index (χ4v) is 0.549. The number of tetrazole rings is 1. The first-order valence-electron chi connectivity index (χ1n) is 2.52. The monoisotopic (exact) mass is 136 g/mol. The van der Waals surface area contributed by atoms with E-state index >= 15 is 0 Å². The Bertz CT molecular complexity index is 253. The zero-order valence-corrected chi connectivity index (χ0v) is 4.77. The summed E-state index contributed by atoms with van der Waals surface area (Å²) in [4.78, 5) is 3.75. The van der Waals surface area contributed by atoms with Gasteiger partial charge in [-0.05, 0) is 5.21 Å². The van der Waals surface area contributed by atoms with E-state index in [9.17, 15) is 0 Å². The smallest absolute Gasteiger partial charge is 0.269 e. The van der Waals surface area contributed by atoms with Gasteiger partial charge in [0.25, 0.3) is 11.7 Å². The first-order valence-corrected chi connectivity index (χ1v) is 2.52. The fourth-order valence-electron chi connectivity index (χ4n) is 0.549. The molecule has 0 aliphatic heterocycles. The molecule has 49 valence electrons. The third-order valence-corrected chi connectivity index (χ3v) is 0.927. The molecule has 0 spiro atoms. The van der Waals surface area contributed by atoms with Gasteiger partial charge in [-0.15, -0.1) is 10.2 Å². The molecular weight excluding hydrogens is 134 g/mol. The predicted octanol–water partition coefficient (Wildman–Crippen LogP) is -0.345. The van der Waals surface area contributed by atoms with E-state index in [1.807, 2.05) is 0 Å². The molecular formula is C4H2N5O. The van der Waals surface area contributed by atoms with Gasteiger partial charge in [0.05, 0.1) is 6.20 Å². The Morgan fingerprint density at radius 1 is 1.60 bits per heavy atom. The fraction of sp³-hybridized carbons (Fsp3) is 0. The third-order valence-electron chi connectivity index (χ3n) is 0.927. The van der Waals surface area contributed by atoms with Crippen LogP contribution in [0.2, 0.25) is 0 Å². The number of oxazole rings is 1. The lowest BCUT2D eigenvalue weighted by Crippen LogP contribution is -1.78. The second-order valence-electron chi connectivity index (χ2n) is 1.52. The van der Waals surface area contributed by atoms with Crippen LogP contribution in [-0.4, -0.2) is 25.6 Å². The number of rotatable bonds is 1. The molecule has 0 saturated heterocycles. The minimum atomic E-state index is 0.314. The molecule has 0 amide bonds. The van der Waals surface area contributed by atoms with Crippen molar-refractivity contribution in [2.45, 2.75) is 0 Å². The number of hydrogen-bond donors (Lipinski definition) is 1. The molecule has 0 aliphatic carbocycles. The average Bonchev–Trinajstić information content (AvgIpc) is 2.59. The third kappa shape index (κ3) is 0.661. The molecule has 0 fully saturated rings. The number of hydrogen-bond acceptors (Lipinski definition) is 5. The van der Waals surface area contributed by atoms with Crippen LogP contribution < -0.4 is 0 Å². The number of H-pyrrole nitrogens is 1. The van der Waals surface area contributed by atoms with Crippen molar-refractivity contribution in [1.82, 2.24) is 25.6 Å². The molecule has 0 unspecified atom stereocenters. The van der Waals surface area contributed by atoms with E-state index in [4.69, 9.17) is 4.42 Å². The van der Waals surface area contributed by atoms with Crippen molar-refractivity contribution >= 4 is 0 Å². The molecule has 6 nitrogen and oxygen atoms in total. The molecule has 2 heterocycles. The summed E-state index contributed by atoms with van der Waals surface area (Å²) in [7, 11) is 0. The number of aromatic amines is 1. The van der Waals surface area contributed by atoms with Gasteiger partial charge in [0.1, 0.15) is 0 Å². The summed E-state index contributed by atoms with van der Waals surface area (Å²) in [6.45, 7) is 0. The van der Waals surface area contributed by atoms with Crippen molar-refractivity contribution in [2.75, 3.05) is 0 Å². The number of nitrogens with one attached hydrogen (secondary N) is 1. The van der Waals surface area contributed by atoms with Crippen molar-refractivity contribution in [3.05, 3.63) is 12.5 Å². The van der Waals surface area contributed by atoms with Gasteiger partial charge >= 0.3 is 0 Å². The van der Waals surface area contributed by atoms with Crippen LogP contribution in [0.1, 0.15) is 0 Å². The second kappa shape index (κ2) is 1.90. The van der Waals surface area contributed by atoms with Gasteiger partial charge in [0, 0.05) is 0 Å². The SMILES string of the molecule is [c]1cnc(-c2nn[nH]n2)o1. The molecule has 2 rings (SSSR count). The Morgan fingerprint density at radius 3 is 3.20 bits per heavy atom. The predicted molar refractivity (Wildman–Crippen MR) is 28.5 cm³/mol. The van der Waals surface area contributed by atoms with E-state index in [0.29, 0.717) is 11.7 Å². The van der Waals surface area contributed by atoms with Crippen LogP contribution in [0.4, 0.5) is 0 Å². The van der Waals surface area contributed by atoms with E-state index < -0.39 is 0 Å². The van der Waals surface area contributed by atoms with E-state index in [1.165, 1.54) is 6.20 Å². The van der Waals surface area contributed by atoms with Crippen LogP contribution >= 0.6 is 0 Å². The molecule has 2 aromatic heterocycles. The van der Waals surface area contributed by atoms with Gasteiger partial charge in [-0.2, -0.15) is 5.21 Å². The number of aromatic nitrogens is 5. The van der Waals surface area contributed by atoms with E-state index in [2.05, 4.69) is 31.9 Å². The highest BCUT2D eigenvalue weighted by molar-refractivity contribution is 5.36. The Morgan fingerprint density at radius 2 is 2.60 bits per heavy atom. The summed E-state index contributed by atoms with van der Waals surface area (Å²) in [5.74, 6) is 0.648. The van der Waals surface area contributed by atoms with Crippen LogP contribution in [0, 0.1) is 6.26 Å². The molecule has 1 N–H and O–H groups in total. The topological polar surface area (TPSA) is 80.5 Å². The maximum Gasteiger partial charge on any atom is 0.269 e. The molecule has 1 radical (unpaired) electrons. The Balaban J connectivity index is 2.48. The zero-order chi connectivity index (χ0) is 6.81. The second-order valence-corrected chi connectivity index (χ2v) is 1.52. The van der Waals surface area contributed by atoms with Crippen molar-refractivity contribution in [2.24, 2.45) is 0 Å². The molecule has 0 bridgehead atoms. The van der Waals surface area contributed by atoms with Crippen LogP contribution in [-0.2, 0) is 0 Å². The van der Waals surface area contributed by atoms with Gasteiger partial charge in [-0.3, -0.25) is 0 Å². The summed E-state index contributed by atoms with van der Waals surface area (Å²) in [6, 6.07) is 0. The molecule has 0 atom stereocenters. The summed E-state index contributed by atoms with van der Waals surface area (Å²) < 4.78 is 4.76. The van der Waals surface area contributed by atoms with Crippen LogP contribution in [0.15, 0.2) is 10.6 Å². The lowest BCUT2D eigenvalue weighted by atomic mass is 10.6. The van der Waals surface area contributed by atoms with Crippen LogP contribution in [0.3, 0.4) is 0 Å². The molecule has 10 heavy (non-hydrogen) atoms. The molecule has 2 aromatic rings. The summed E-state index contributed by atoms with van der Waals surface area (Å²) in [6.07, 6.45) is 3.80.